The molecule has 0 saturated carbocycles. The van der Waals surface area contributed by atoms with Crippen LogP contribution in [0.4, 0.5) is 4.39 Å². The van der Waals surface area contributed by atoms with Gasteiger partial charge in [-0.05, 0) is 18.2 Å². The summed E-state index contributed by atoms with van der Waals surface area (Å²) in [6.07, 6.45) is 0.207. The molecular weight excluding hydrogens is 305 g/mol. The summed E-state index contributed by atoms with van der Waals surface area (Å²) >= 11 is 6.76. The second-order valence-corrected chi connectivity index (χ2v) is 5.12. The zero-order valence-electron chi connectivity index (χ0n) is 10.0. The standard InChI is InChI=1S/C13H9ClFNO3S/c1-7(11(17)12-16-4-5-20-12)13(18)19-10-3-2-8(14)6-9(10)15/h2-6,11,17H,1H2. The van der Waals surface area contributed by atoms with E-state index in [4.69, 9.17) is 16.3 Å². The molecule has 1 aromatic carbocycles. The molecule has 2 aromatic rings. The van der Waals surface area contributed by atoms with Gasteiger partial charge in [-0.15, -0.1) is 11.3 Å². The molecule has 0 spiro atoms. The number of ether oxygens (including phenoxy) is 1. The van der Waals surface area contributed by atoms with Crippen LogP contribution in [-0.4, -0.2) is 16.1 Å². The second-order valence-electron chi connectivity index (χ2n) is 3.76. The van der Waals surface area contributed by atoms with Crippen molar-refractivity contribution in [1.82, 2.24) is 4.98 Å². The Kier molecular flexibility index (Phi) is 4.49. The van der Waals surface area contributed by atoms with Crippen LogP contribution in [0.25, 0.3) is 0 Å². The predicted octanol–water partition coefficient (Wildman–Crippen LogP) is 3.13. The molecule has 0 aliphatic carbocycles. The number of hydrogen-bond donors (Lipinski definition) is 1. The van der Waals surface area contributed by atoms with Crippen molar-refractivity contribution in [3.63, 3.8) is 0 Å². The van der Waals surface area contributed by atoms with Crippen molar-refractivity contribution in [2.45, 2.75) is 6.10 Å². The van der Waals surface area contributed by atoms with E-state index in [0.29, 0.717) is 5.01 Å². The Morgan fingerprint density at radius 2 is 2.30 bits per heavy atom. The van der Waals surface area contributed by atoms with Gasteiger partial charge in [-0.3, -0.25) is 0 Å². The maximum Gasteiger partial charge on any atom is 0.342 e. The third-order valence-corrected chi connectivity index (χ3v) is 3.44. The molecule has 1 heterocycles. The van der Waals surface area contributed by atoms with Gasteiger partial charge >= 0.3 is 5.97 Å². The molecule has 0 radical (unpaired) electrons. The van der Waals surface area contributed by atoms with Crippen LogP contribution in [0.1, 0.15) is 11.1 Å². The van der Waals surface area contributed by atoms with Crippen molar-refractivity contribution in [3.05, 3.63) is 57.8 Å². The number of nitrogens with zero attached hydrogens (tertiary/aromatic N) is 1. The summed E-state index contributed by atoms with van der Waals surface area (Å²) in [6.45, 7) is 3.45. The van der Waals surface area contributed by atoms with Crippen molar-refractivity contribution in [1.29, 1.82) is 0 Å². The number of rotatable bonds is 4. The quantitative estimate of drug-likeness (QED) is 0.535. The van der Waals surface area contributed by atoms with Crippen molar-refractivity contribution in [2.75, 3.05) is 0 Å². The van der Waals surface area contributed by atoms with Crippen LogP contribution in [0.15, 0.2) is 41.9 Å². The third kappa shape index (κ3) is 3.22. The first-order valence-electron chi connectivity index (χ1n) is 5.42. The lowest BCUT2D eigenvalue weighted by atomic mass is 10.2. The molecule has 0 saturated heterocycles. The van der Waals surface area contributed by atoms with Crippen molar-refractivity contribution < 1.29 is 19.0 Å². The highest BCUT2D eigenvalue weighted by Gasteiger charge is 2.23. The smallest absolute Gasteiger partial charge is 0.342 e. The lowest BCUT2D eigenvalue weighted by Gasteiger charge is -2.11. The van der Waals surface area contributed by atoms with Crippen molar-refractivity contribution in [3.8, 4) is 5.75 Å². The molecule has 7 heteroatoms. The SMILES string of the molecule is C=C(C(=O)Oc1ccc(Cl)cc1F)C(O)c1nccs1. The molecule has 20 heavy (non-hydrogen) atoms. The van der Waals surface area contributed by atoms with Gasteiger partial charge in [-0.25, -0.2) is 14.2 Å². The molecule has 0 aliphatic heterocycles. The minimum atomic E-state index is -1.28. The largest absolute Gasteiger partial charge is 0.420 e. The molecule has 0 fully saturated rings. The Hall–Kier alpha value is -1.76. The number of aromatic nitrogens is 1. The van der Waals surface area contributed by atoms with Crippen LogP contribution >= 0.6 is 22.9 Å². The van der Waals surface area contributed by atoms with Crippen LogP contribution in [-0.2, 0) is 4.79 Å². The number of benzene rings is 1. The van der Waals surface area contributed by atoms with Crippen molar-refractivity contribution in [2.24, 2.45) is 0 Å². The molecule has 0 bridgehead atoms. The van der Waals surface area contributed by atoms with Gasteiger partial charge < -0.3 is 9.84 Å². The molecular formula is C13H9ClFNO3S. The lowest BCUT2D eigenvalue weighted by Crippen LogP contribution is -2.16. The van der Waals surface area contributed by atoms with Gasteiger partial charge in [-0.2, -0.15) is 0 Å². The summed E-state index contributed by atoms with van der Waals surface area (Å²) in [4.78, 5) is 15.6. The number of carbonyl (C=O) groups is 1. The van der Waals surface area contributed by atoms with Gasteiger partial charge in [0.05, 0.1) is 5.57 Å². The summed E-state index contributed by atoms with van der Waals surface area (Å²) in [7, 11) is 0. The molecule has 1 aromatic heterocycles. The predicted molar refractivity (Wildman–Crippen MR) is 73.3 cm³/mol. The van der Waals surface area contributed by atoms with E-state index < -0.39 is 17.9 Å². The van der Waals surface area contributed by atoms with Gasteiger partial charge in [0.1, 0.15) is 11.1 Å². The zero-order chi connectivity index (χ0) is 14.7. The van der Waals surface area contributed by atoms with E-state index in [9.17, 15) is 14.3 Å². The third-order valence-electron chi connectivity index (χ3n) is 2.37. The number of hydrogen-bond acceptors (Lipinski definition) is 5. The van der Waals surface area contributed by atoms with E-state index in [2.05, 4.69) is 11.6 Å². The minimum Gasteiger partial charge on any atom is -0.420 e. The maximum absolute atomic E-state index is 13.5. The Balaban J connectivity index is 2.10. The molecule has 1 unspecified atom stereocenters. The fourth-order valence-electron chi connectivity index (χ4n) is 1.35. The first-order valence-corrected chi connectivity index (χ1v) is 6.68. The highest BCUT2D eigenvalue weighted by atomic mass is 35.5. The summed E-state index contributed by atoms with van der Waals surface area (Å²) in [5.41, 5.74) is -0.227. The van der Waals surface area contributed by atoms with Crippen LogP contribution in [0.5, 0.6) is 5.75 Å². The summed E-state index contributed by atoms with van der Waals surface area (Å²) in [6, 6.07) is 3.62. The van der Waals surface area contributed by atoms with E-state index >= 15 is 0 Å². The van der Waals surface area contributed by atoms with Gasteiger partial charge in [-0.1, -0.05) is 18.2 Å². The van der Waals surface area contributed by atoms with Crippen LogP contribution in [0.2, 0.25) is 5.02 Å². The van der Waals surface area contributed by atoms with Crippen LogP contribution in [0, 0.1) is 5.82 Å². The second kappa shape index (κ2) is 6.13. The molecule has 1 N–H and O–H groups in total. The molecule has 4 nitrogen and oxygen atoms in total. The minimum absolute atomic E-state index is 0.184. The van der Waals surface area contributed by atoms with E-state index in [-0.39, 0.29) is 16.3 Å². The van der Waals surface area contributed by atoms with E-state index in [1.807, 2.05) is 0 Å². The molecule has 1 atom stereocenters. The number of thiazole rings is 1. The normalized spacial score (nSPS) is 11.9. The zero-order valence-corrected chi connectivity index (χ0v) is 11.6. The Morgan fingerprint density at radius 3 is 2.90 bits per heavy atom. The monoisotopic (exact) mass is 313 g/mol. The van der Waals surface area contributed by atoms with Gasteiger partial charge in [0.2, 0.25) is 0 Å². The van der Waals surface area contributed by atoms with Crippen LogP contribution in [0.3, 0.4) is 0 Å². The number of aliphatic hydroxyl groups excluding tert-OH is 1. The molecule has 0 amide bonds. The van der Waals surface area contributed by atoms with E-state index in [1.54, 1.807) is 5.38 Å². The lowest BCUT2D eigenvalue weighted by molar-refractivity contribution is -0.131. The van der Waals surface area contributed by atoms with E-state index in [0.717, 1.165) is 6.07 Å². The van der Waals surface area contributed by atoms with Crippen LogP contribution < -0.4 is 4.74 Å². The fourth-order valence-corrected chi connectivity index (χ4v) is 2.17. The summed E-state index contributed by atoms with van der Waals surface area (Å²) < 4.78 is 18.3. The summed E-state index contributed by atoms with van der Waals surface area (Å²) in [5, 5.41) is 12.0. The Bertz CT molecular complexity index is 645. The van der Waals surface area contributed by atoms with Gasteiger partial charge in [0.25, 0.3) is 0 Å². The number of aliphatic hydroxyl groups is 1. The maximum atomic E-state index is 13.5. The Labute approximate surface area is 123 Å². The average molecular weight is 314 g/mol. The van der Waals surface area contributed by atoms with Gasteiger partial charge in [0.15, 0.2) is 11.6 Å². The van der Waals surface area contributed by atoms with Gasteiger partial charge in [0, 0.05) is 16.6 Å². The van der Waals surface area contributed by atoms with Crippen molar-refractivity contribution >= 4 is 28.9 Å². The number of halogens is 2. The fraction of sp³-hybridized carbons (Fsp3) is 0.0769. The number of carbonyl (C=O) groups excluding carboxylic acids is 1. The van der Waals surface area contributed by atoms with E-state index in [1.165, 1.54) is 29.7 Å². The average Bonchev–Trinajstić information content (AvgIpc) is 2.94. The first-order chi connectivity index (χ1) is 9.49. The Morgan fingerprint density at radius 1 is 1.55 bits per heavy atom. The topological polar surface area (TPSA) is 59.4 Å². The molecule has 2 rings (SSSR count). The first kappa shape index (κ1) is 14.6. The highest BCUT2D eigenvalue weighted by Crippen LogP contribution is 2.26. The highest BCUT2D eigenvalue weighted by molar-refractivity contribution is 7.09. The molecule has 0 aliphatic rings. The summed E-state index contributed by atoms with van der Waals surface area (Å²) in [5.74, 6) is -2.00. The number of esters is 1. The molecule has 104 valence electrons.